The van der Waals surface area contributed by atoms with Gasteiger partial charge in [-0.05, 0) is 43.4 Å². The van der Waals surface area contributed by atoms with Crippen molar-refractivity contribution in [3.63, 3.8) is 0 Å². The van der Waals surface area contributed by atoms with E-state index >= 15 is 0 Å². The highest BCUT2D eigenvalue weighted by molar-refractivity contribution is 5.93. The van der Waals surface area contributed by atoms with Gasteiger partial charge < -0.3 is 9.67 Å². The number of nitrogens with zero attached hydrogens (tertiary/aromatic N) is 1. The minimum Gasteiger partial charge on any atom is -0.477 e. The summed E-state index contributed by atoms with van der Waals surface area (Å²) >= 11 is 0. The van der Waals surface area contributed by atoms with Gasteiger partial charge in [0.2, 0.25) is 5.43 Å². The third-order valence-electron chi connectivity index (χ3n) is 3.89. The number of aryl methyl sites for hydroxylation is 3. The Hall–Kier alpha value is -2.10. The number of hydrogen-bond acceptors (Lipinski definition) is 2. The van der Waals surface area contributed by atoms with Gasteiger partial charge in [-0.25, -0.2) is 4.79 Å². The van der Waals surface area contributed by atoms with Crippen LogP contribution < -0.4 is 5.43 Å². The number of benzene rings is 1. The number of aromatic carboxylic acids is 1. The normalized spacial score (nSPS) is 13.7. The van der Waals surface area contributed by atoms with Gasteiger partial charge >= 0.3 is 5.97 Å². The van der Waals surface area contributed by atoms with Crippen LogP contribution in [0.4, 0.5) is 0 Å². The van der Waals surface area contributed by atoms with Crippen LogP contribution in [-0.4, -0.2) is 15.6 Å². The standard InChI is InChI=1S/C15H15NO3/c1-2-16-8-12(15(18)19)14(17)11-7-6-9-4-3-5-10(9)13(11)16/h6-8H,2-5H2,1H3,(H,18,19). The smallest absolute Gasteiger partial charge is 0.341 e. The van der Waals surface area contributed by atoms with Gasteiger partial charge in [0, 0.05) is 18.1 Å². The SMILES string of the molecule is CCn1cc(C(=O)O)c(=O)c2ccc3c(c21)CCC3. The number of rotatable bonds is 2. The highest BCUT2D eigenvalue weighted by Crippen LogP contribution is 2.28. The molecule has 3 rings (SSSR count). The number of carboxylic acids is 1. The molecule has 1 N–H and O–H groups in total. The molecule has 1 heterocycles. The second-order valence-electron chi connectivity index (χ2n) is 4.92. The Morgan fingerprint density at radius 2 is 2.16 bits per heavy atom. The Bertz CT molecular complexity index is 743. The molecule has 2 aromatic rings. The predicted octanol–water partition coefficient (Wildman–Crippen LogP) is 2.21. The van der Waals surface area contributed by atoms with E-state index in [0.29, 0.717) is 11.9 Å². The molecule has 19 heavy (non-hydrogen) atoms. The number of hydrogen-bond donors (Lipinski definition) is 1. The summed E-state index contributed by atoms with van der Waals surface area (Å²) in [6, 6.07) is 3.75. The first-order valence-electron chi connectivity index (χ1n) is 6.54. The lowest BCUT2D eigenvalue weighted by Crippen LogP contribution is -2.19. The molecule has 4 heteroatoms. The number of fused-ring (bicyclic) bond motifs is 3. The topological polar surface area (TPSA) is 59.3 Å². The number of carbonyl (C=O) groups is 1. The van der Waals surface area contributed by atoms with Crippen LogP contribution in [0.25, 0.3) is 10.9 Å². The summed E-state index contributed by atoms with van der Waals surface area (Å²) < 4.78 is 1.89. The molecule has 0 saturated carbocycles. The molecule has 0 aliphatic heterocycles. The van der Waals surface area contributed by atoms with Crippen molar-refractivity contribution in [3.05, 3.63) is 45.2 Å². The molecule has 0 saturated heterocycles. The van der Waals surface area contributed by atoms with Crippen molar-refractivity contribution in [2.24, 2.45) is 0 Å². The Labute approximate surface area is 110 Å². The summed E-state index contributed by atoms with van der Waals surface area (Å²) in [5.41, 5.74) is 2.91. The Morgan fingerprint density at radius 3 is 2.84 bits per heavy atom. The van der Waals surface area contributed by atoms with E-state index in [2.05, 4.69) is 0 Å². The zero-order valence-corrected chi connectivity index (χ0v) is 10.8. The van der Waals surface area contributed by atoms with E-state index in [4.69, 9.17) is 5.11 Å². The molecular formula is C15H15NO3. The van der Waals surface area contributed by atoms with Crippen LogP contribution in [0.5, 0.6) is 0 Å². The van der Waals surface area contributed by atoms with E-state index in [-0.39, 0.29) is 11.0 Å². The minimum absolute atomic E-state index is 0.146. The maximum absolute atomic E-state index is 12.2. The lowest BCUT2D eigenvalue weighted by atomic mass is 10.0. The van der Waals surface area contributed by atoms with Gasteiger partial charge in [-0.1, -0.05) is 6.07 Å². The van der Waals surface area contributed by atoms with E-state index in [1.807, 2.05) is 17.6 Å². The summed E-state index contributed by atoms with van der Waals surface area (Å²) in [5.74, 6) is -1.16. The molecule has 1 aliphatic rings. The predicted molar refractivity (Wildman–Crippen MR) is 72.9 cm³/mol. The zero-order chi connectivity index (χ0) is 13.6. The van der Waals surface area contributed by atoms with Crippen LogP contribution in [0.3, 0.4) is 0 Å². The lowest BCUT2D eigenvalue weighted by molar-refractivity contribution is 0.0695. The van der Waals surface area contributed by atoms with Crippen LogP contribution in [0.15, 0.2) is 23.1 Å². The summed E-state index contributed by atoms with van der Waals surface area (Å²) in [7, 11) is 0. The van der Waals surface area contributed by atoms with Crippen molar-refractivity contribution in [2.45, 2.75) is 32.7 Å². The molecule has 4 nitrogen and oxygen atoms in total. The van der Waals surface area contributed by atoms with Gasteiger partial charge in [0.25, 0.3) is 0 Å². The molecule has 0 atom stereocenters. The average molecular weight is 257 g/mol. The van der Waals surface area contributed by atoms with E-state index in [1.54, 1.807) is 6.07 Å². The zero-order valence-electron chi connectivity index (χ0n) is 10.8. The molecule has 98 valence electrons. The van der Waals surface area contributed by atoms with Gasteiger partial charge in [-0.2, -0.15) is 0 Å². The van der Waals surface area contributed by atoms with E-state index in [1.165, 1.54) is 17.3 Å². The highest BCUT2D eigenvalue weighted by Gasteiger charge is 2.20. The van der Waals surface area contributed by atoms with Crippen LogP contribution in [0, 0.1) is 0 Å². The van der Waals surface area contributed by atoms with Crippen LogP contribution in [0.1, 0.15) is 34.8 Å². The average Bonchev–Trinajstić information content (AvgIpc) is 2.87. The number of carboxylic acid groups (broad SMARTS) is 1. The summed E-state index contributed by atoms with van der Waals surface area (Å²) in [6.07, 6.45) is 4.60. The molecule has 1 aromatic carbocycles. The number of aromatic nitrogens is 1. The fourth-order valence-corrected chi connectivity index (χ4v) is 2.98. The van der Waals surface area contributed by atoms with Gasteiger partial charge in [0.15, 0.2) is 0 Å². The molecule has 0 amide bonds. The first kappa shape index (κ1) is 12.0. The van der Waals surface area contributed by atoms with Crippen molar-refractivity contribution < 1.29 is 9.90 Å². The second kappa shape index (κ2) is 4.23. The van der Waals surface area contributed by atoms with Crippen molar-refractivity contribution in [1.29, 1.82) is 0 Å². The van der Waals surface area contributed by atoms with Crippen LogP contribution in [-0.2, 0) is 19.4 Å². The third-order valence-corrected chi connectivity index (χ3v) is 3.89. The second-order valence-corrected chi connectivity index (χ2v) is 4.92. The Morgan fingerprint density at radius 1 is 1.37 bits per heavy atom. The molecule has 0 radical (unpaired) electrons. The largest absolute Gasteiger partial charge is 0.477 e. The maximum atomic E-state index is 12.2. The first-order valence-corrected chi connectivity index (χ1v) is 6.54. The van der Waals surface area contributed by atoms with Gasteiger partial charge in [-0.15, -0.1) is 0 Å². The van der Waals surface area contributed by atoms with Gasteiger partial charge in [0.1, 0.15) is 5.56 Å². The van der Waals surface area contributed by atoms with Crippen molar-refractivity contribution in [3.8, 4) is 0 Å². The summed E-state index contributed by atoms with van der Waals surface area (Å²) in [5, 5.41) is 9.66. The monoisotopic (exact) mass is 257 g/mol. The Kier molecular flexibility index (Phi) is 2.66. The molecule has 1 aromatic heterocycles. The first-order chi connectivity index (χ1) is 9.13. The molecule has 0 spiro atoms. The molecular weight excluding hydrogens is 242 g/mol. The molecule has 0 bridgehead atoms. The van der Waals surface area contributed by atoms with Crippen LogP contribution >= 0.6 is 0 Å². The Balaban J connectivity index is 2.48. The summed E-state index contributed by atoms with van der Waals surface area (Å²) in [4.78, 5) is 23.4. The molecule has 0 fully saturated rings. The highest BCUT2D eigenvalue weighted by atomic mass is 16.4. The minimum atomic E-state index is -1.16. The van der Waals surface area contributed by atoms with E-state index in [0.717, 1.165) is 24.8 Å². The van der Waals surface area contributed by atoms with E-state index in [9.17, 15) is 9.59 Å². The number of pyridine rings is 1. The van der Waals surface area contributed by atoms with Crippen molar-refractivity contribution >= 4 is 16.9 Å². The fraction of sp³-hybridized carbons (Fsp3) is 0.333. The van der Waals surface area contributed by atoms with Gasteiger partial charge in [0.05, 0.1) is 5.52 Å². The fourth-order valence-electron chi connectivity index (χ4n) is 2.98. The summed E-state index contributed by atoms with van der Waals surface area (Å²) in [6.45, 7) is 2.62. The van der Waals surface area contributed by atoms with Gasteiger partial charge in [-0.3, -0.25) is 4.79 Å². The van der Waals surface area contributed by atoms with Crippen molar-refractivity contribution in [1.82, 2.24) is 4.57 Å². The quantitative estimate of drug-likeness (QED) is 0.897. The van der Waals surface area contributed by atoms with E-state index < -0.39 is 5.97 Å². The molecule has 1 aliphatic carbocycles. The lowest BCUT2D eigenvalue weighted by Gasteiger charge is -2.13. The maximum Gasteiger partial charge on any atom is 0.341 e. The van der Waals surface area contributed by atoms with Crippen molar-refractivity contribution in [2.75, 3.05) is 0 Å². The third kappa shape index (κ3) is 1.67. The molecule has 0 unspecified atom stereocenters. The van der Waals surface area contributed by atoms with Crippen LogP contribution in [0.2, 0.25) is 0 Å².